The van der Waals surface area contributed by atoms with Crippen LogP contribution in [-0.2, 0) is 10.0 Å². The number of piperidine rings is 1. The molecule has 1 aliphatic rings. The number of aromatic nitrogens is 2. The van der Waals surface area contributed by atoms with E-state index in [-0.39, 0.29) is 10.9 Å². The minimum atomic E-state index is -3.41. The molecule has 17 heavy (non-hydrogen) atoms. The van der Waals surface area contributed by atoms with Gasteiger partial charge in [0.15, 0.2) is 0 Å². The number of hydrogen-bond donors (Lipinski definition) is 2. The van der Waals surface area contributed by atoms with E-state index in [1.54, 1.807) is 14.0 Å². The van der Waals surface area contributed by atoms with Gasteiger partial charge in [-0.1, -0.05) is 0 Å². The topological polar surface area (TPSA) is 78.1 Å². The number of hydrogen-bond acceptors (Lipinski definition) is 4. The Morgan fingerprint density at radius 3 is 2.59 bits per heavy atom. The number of nitrogens with zero attached hydrogens (tertiary/aromatic N) is 2. The molecule has 2 heterocycles. The third kappa shape index (κ3) is 2.36. The summed E-state index contributed by atoms with van der Waals surface area (Å²) in [5.74, 6) is 0. The van der Waals surface area contributed by atoms with E-state index in [4.69, 9.17) is 0 Å². The average Bonchev–Trinajstić information content (AvgIpc) is 2.76. The van der Waals surface area contributed by atoms with Crippen molar-refractivity contribution in [3.63, 3.8) is 0 Å². The molecule has 0 unspecified atom stereocenters. The second kappa shape index (κ2) is 4.75. The molecule has 0 radical (unpaired) electrons. The molecule has 0 aromatic carbocycles. The molecule has 0 saturated carbocycles. The van der Waals surface area contributed by atoms with Crippen LogP contribution in [0.5, 0.6) is 0 Å². The molecule has 1 saturated heterocycles. The largest absolute Gasteiger partial charge is 0.317 e. The molecular formula is C10H18N4O2S. The van der Waals surface area contributed by atoms with Crippen molar-refractivity contribution in [2.24, 2.45) is 0 Å². The Bertz CT molecular complexity index is 476. The van der Waals surface area contributed by atoms with Crippen LogP contribution in [-0.4, -0.2) is 49.1 Å². The van der Waals surface area contributed by atoms with Crippen LogP contribution >= 0.6 is 0 Å². The van der Waals surface area contributed by atoms with Crippen molar-refractivity contribution in [2.45, 2.75) is 30.7 Å². The smallest absolute Gasteiger partial charge is 0.246 e. The molecule has 1 fully saturated rings. The van der Waals surface area contributed by atoms with E-state index in [9.17, 15) is 8.42 Å². The maximum Gasteiger partial charge on any atom is 0.246 e. The lowest BCUT2D eigenvalue weighted by Crippen LogP contribution is -2.43. The summed E-state index contributed by atoms with van der Waals surface area (Å²) in [5, 5.41) is 9.66. The summed E-state index contributed by atoms with van der Waals surface area (Å²) in [6, 6.07) is 0.0792. The van der Waals surface area contributed by atoms with Gasteiger partial charge in [-0.15, -0.1) is 0 Å². The fourth-order valence-electron chi connectivity index (χ4n) is 2.12. The summed E-state index contributed by atoms with van der Waals surface area (Å²) >= 11 is 0. The second-order valence-electron chi connectivity index (χ2n) is 4.36. The maximum absolute atomic E-state index is 12.4. The van der Waals surface area contributed by atoms with Crippen LogP contribution < -0.4 is 5.32 Å². The number of aromatic amines is 1. The van der Waals surface area contributed by atoms with Gasteiger partial charge in [0.2, 0.25) is 10.0 Å². The van der Waals surface area contributed by atoms with Crippen molar-refractivity contribution in [1.29, 1.82) is 0 Å². The minimum Gasteiger partial charge on any atom is -0.317 e. The quantitative estimate of drug-likeness (QED) is 0.805. The van der Waals surface area contributed by atoms with E-state index in [0.717, 1.165) is 25.9 Å². The lowest BCUT2D eigenvalue weighted by Gasteiger charge is -2.30. The Balaban J connectivity index is 2.23. The van der Waals surface area contributed by atoms with Gasteiger partial charge in [-0.25, -0.2) is 8.42 Å². The highest BCUT2D eigenvalue weighted by atomic mass is 32.2. The Morgan fingerprint density at radius 1 is 1.41 bits per heavy atom. The molecule has 0 bridgehead atoms. The van der Waals surface area contributed by atoms with Crippen molar-refractivity contribution in [3.8, 4) is 0 Å². The number of H-pyrrole nitrogens is 1. The first-order valence-electron chi connectivity index (χ1n) is 5.72. The SMILES string of the molecule is Cc1[nH]ncc1S(=O)(=O)N(C)C1CCNCC1. The molecule has 96 valence electrons. The summed E-state index contributed by atoms with van der Waals surface area (Å²) in [6.07, 6.45) is 3.08. The predicted molar refractivity (Wildman–Crippen MR) is 64.2 cm³/mol. The molecule has 6 nitrogen and oxygen atoms in total. The number of aryl methyl sites for hydroxylation is 1. The van der Waals surface area contributed by atoms with Crippen LogP contribution in [0.4, 0.5) is 0 Å². The summed E-state index contributed by atoms with van der Waals surface area (Å²) in [6.45, 7) is 3.46. The average molecular weight is 258 g/mol. The van der Waals surface area contributed by atoms with E-state index < -0.39 is 10.0 Å². The molecule has 1 aromatic rings. The Hall–Kier alpha value is -0.920. The predicted octanol–water partition coefficient (Wildman–Crippen LogP) is 0.0906. The zero-order chi connectivity index (χ0) is 12.5. The normalized spacial score (nSPS) is 18.8. The van der Waals surface area contributed by atoms with Crippen LogP contribution in [0.25, 0.3) is 0 Å². The molecule has 7 heteroatoms. The van der Waals surface area contributed by atoms with Gasteiger partial charge in [-0.3, -0.25) is 5.10 Å². The first kappa shape index (κ1) is 12.5. The van der Waals surface area contributed by atoms with Gasteiger partial charge in [0.05, 0.1) is 11.9 Å². The van der Waals surface area contributed by atoms with Gasteiger partial charge in [0.25, 0.3) is 0 Å². The van der Waals surface area contributed by atoms with E-state index in [1.165, 1.54) is 10.5 Å². The van der Waals surface area contributed by atoms with Gasteiger partial charge in [0.1, 0.15) is 4.90 Å². The minimum absolute atomic E-state index is 0.0792. The standard InChI is InChI=1S/C10H18N4O2S/c1-8-10(7-12-13-8)17(15,16)14(2)9-3-5-11-6-4-9/h7,9,11H,3-6H2,1-2H3,(H,12,13). The van der Waals surface area contributed by atoms with Gasteiger partial charge < -0.3 is 5.32 Å². The van der Waals surface area contributed by atoms with Crippen molar-refractivity contribution in [2.75, 3.05) is 20.1 Å². The van der Waals surface area contributed by atoms with Gasteiger partial charge in [-0.05, 0) is 32.9 Å². The summed E-state index contributed by atoms with van der Waals surface area (Å²) < 4.78 is 26.2. The highest BCUT2D eigenvalue weighted by Gasteiger charge is 2.30. The zero-order valence-electron chi connectivity index (χ0n) is 10.1. The Labute approximate surface area is 101 Å². The van der Waals surface area contributed by atoms with Gasteiger partial charge >= 0.3 is 0 Å². The van der Waals surface area contributed by atoms with Crippen molar-refractivity contribution in [1.82, 2.24) is 19.8 Å². The highest BCUT2D eigenvalue weighted by Crippen LogP contribution is 2.21. The molecule has 2 N–H and O–H groups in total. The lowest BCUT2D eigenvalue weighted by atomic mass is 10.1. The van der Waals surface area contributed by atoms with Crippen LogP contribution in [0.3, 0.4) is 0 Å². The molecule has 2 rings (SSSR count). The number of rotatable bonds is 3. The summed E-state index contributed by atoms with van der Waals surface area (Å²) in [4.78, 5) is 0.276. The van der Waals surface area contributed by atoms with Crippen LogP contribution in [0.15, 0.2) is 11.1 Å². The van der Waals surface area contributed by atoms with Crippen LogP contribution in [0, 0.1) is 6.92 Å². The van der Waals surface area contributed by atoms with E-state index >= 15 is 0 Å². The monoisotopic (exact) mass is 258 g/mol. The van der Waals surface area contributed by atoms with Gasteiger partial charge in [-0.2, -0.15) is 9.40 Å². The maximum atomic E-state index is 12.4. The molecule has 1 aromatic heterocycles. The summed E-state index contributed by atoms with van der Waals surface area (Å²) in [5.41, 5.74) is 0.589. The zero-order valence-corrected chi connectivity index (χ0v) is 10.9. The number of sulfonamides is 1. The molecule has 1 aliphatic heterocycles. The first-order valence-corrected chi connectivity index (χ1v) is 7.16. The Kier molecular flexibility index (Phi) is 3.50. The first-order chi connectivity index (χ1) is 8.03. The third-order valence-electron chi connectivity index (χ3n) is 3.26. The van der Waals surface area contributed by atoms with E-state index in [1.807, 2.05) is 0 Å². The fourth-order valence-corrected chi connectivity index (χ4v) is 3.65. The van der Waals surface area contributed by atoms with Crippen LogP contribution in [0.2, 0.25) is 0 Å². The molecule has 0 amide bonds. The third-order valence-corrected chi connectivity index (χ3v) is 5.29. The van der Waals surface area contributed by atoms with Crippen molar-refractivity contribution >= 4 is 10.0 Å². The highest BCUT2D eigenvalue weighted by molar-refractivity contribution is 7.89. The van der Waals surface area contributed by atoms with E-state index in [2.05, 4.69) is 15.5 Å². The molecule has 0 aliphatic carbocycles. The lowest BCUT2D eigenvalue weighted by molar-refractivity contribution is 0.296. The van der Waals surface area contributed by atoms with Gasteiger partial charge in [0, 0.05) is 13.1 Å². The molecule has 0 spiro atoms. The molecular weight excluding hydrogens is 240 g/mol. The van der Waals surface area contributed by atoms with Crippen molar-refractivity contribution < 1.29 is 8.42 Å². The van der Waals surface area contributed by atoms with E-state index in [0.29, 0.717) is 5.69 Å². The van der Waals surface area contributed by atoms with Crippen molar-refractivity contribution in [3.05, 3.63) is 11.9 Å². The fraction of sp³-hybridized carbons (Fsp3) is 0.700. The second-order valence-corrected chi connectivity index (χ2v) is 6.33. The molecule has 0 atom stereocenters. The Morgan fingerprint density at radius 2 is 2.06 bits per heavy atom. The summed E-state index contributed by atoms with van der Waals surface area (Å²) in [7, 11) is -1.76. The number of nitrogens with one attached hydrogen (secondary N) is 2. The van der Waals surface area contributed by atoms with Crippen LogP contribution in [0.1, 0.15) is 18.5 Å².